The highest BCUT2D eigenvalue weighted by molar-refractivity contribution is 7.92. The van der Waals surface area contributed by atoms with Gasteiger partial charge in [0.1, 0.15) is 11.9 Å². The first-order chi connectivity index (χ1) is 16.4. The van der Waals surface area contributed by atoms with E-state index >= 15 is 0 Å². The van der Waals surface area contributed by atoms with Crippen molar-refractivity contribution in [2.75, 3.05) is 17.1 Å². The first-order valence-electron chi connectivity index (χ1n) is 11.5. The molecule has 0 aliphatic carbocycles. The van der Waals surface area contributed by atoms with Gasteiger partial charge in [-0.1, -0.05) is 36.7 Å². The third-order valence-corrected chi connectivity index (χ3v) is 7.18. The van der Waals surface area contributed by atoms with Crippen molar-refractivity contribution < 1.29 is 22.4 Å². The van der Waals surface area contributed by atoms with Crippen LogP contribution in [0.4, 0.5) is 10.1 Å². The Labute approximate surface area is 212 Å². The predicted octanol–water partition coefficient (Wildman–Crippen LogP) is 4.36. The van der Waals surface area contributed by atoms with Crippen LogP contribution >= 0.6 is 11.6 Å². The summed E-state index contributed by atoms with van der Waals surface area (Å²) in [6.07, 6.45) is 2.01. The van der Waals surface area contributed by atoms with E-state index < -0.39 is 21.9 Å². The SMILES string of the molecule is CC[C@@H](C)NC(=O)[C@@H](C)N(Cc1ccccc1F)C(=O)CCCN(c1ccc(Cl)cc1)S(C)(=O)=O. The smallest absolute Gasteiger partial charge is 0.242 e. The maximum Gasteiger partial charge on any atom is 0.242 e. The molecule has 0 saturated carbocycles. The number of amides is 2. The summed E-state index contributed by atoms with van der Waals surface area (Å²) in [4.78, 5) is 27.3. The van der Waals surface area contributed by atoms with Crippen LogP contribution in [0, 0.1) is 5.82 Å². The second-order valence-electron chi connectivity index (χ2n) is 8.52. The Balaban J connectivity index is 2.18. The lowest BCUT2D eigenvalue weighted by atomic mass is 10.1. The molecule has 0 radical (unpaired) electrons. The van der Waals surface area contributed by atoms with Crippen LogP contribution in [0.1, 0.15) is 45.6 Å². The molecule has 2 rings (SSSR count). The number of hydrogen-bond donors (Lipinski definition) is 1. The van der Waals surface area contributed by atoms with Gasteiger partial charge in [0, 0.05) is 36.1 Å². The summed E-state index contributed by atoms with van der Waals surface area (Å²) in [5, 5.41) is 3.34. The van der Waals surface area contributed by atoms with Crippen LogP contribution in [0.25, 0.3) is 0 Å². The summed E-state index contributed by atoms with van der Waals surface area (Å²) in [5.74, 6) is -1.17. The highest BCUT2D eigenvalue weighted by atomic mass is 35.5. The van der Waals surface area contributed by atoms with Crippen LogP contribution in [0.2, 0.25) is 5.02 Å². The number of sulfonamides is 1. The summed E-state index contributed by atoms with van der Waals surface area (Å²) in [7, 11) is -3.60. The molecule has 10 heteroatoms. The van der Waals surface area contributed by atoms with E-state index in [0.717, 1.165) is 12.7 Å². The van der Waals surface area contributed by atoms with Gasteiger partial charge in [-0.3, -0.25) is 13.9 Å². The van der Waals surface area contributed by atoms with Crippen molar-refractivity contribution in [1.82, 2.24) is 10.2 Å². The van der Waals surface area contributed by atoms with E-state index in [1.807, 2.05) is 13.8 Å². The number of anilines is 1. The Morgan fingerprint density at radius 1 is 1.09 bits per heavy atom. The number of benzene rings is 2. The zero-order valence-corrected chi connectivity index (χ0v) is 22.1. The Morgan fingerprint density at radius 2 is 1.71 bits per heavy atom. The van der Waals surface area contributed by atoms with E-state index in [9.17, 15) is 22.4 Å². The molecule has 0 saturated heterocycles. The quantitative estimate of drug-likeness (QED) is 0.446. The van der Waals surface area contributed by atoms with E-state index in [1.54, 1.807) is 49.4 Å². The molecule has 1 N–H and O–H groups in total. The minimum atomic E-state index is -3.60. The second-order valence-corrected chi connectivity index (χ2v) is 10.9. The summed E-state index contributed by atoms with van der Waals surface area (Å²) < 4.78 is 40.2. The Hall–Kier alpha value is -2.65. The van der Waals surface area contributed by atoms with Gasteiger partial charge in [-0.25, -0.2) is 12.8 Å². The summed E-state index contributed by atoms with van der Waals surface area (Å²) >= 11 is 5.91. The van der Waals surface area contributed by atoms with Crippen molar-refractivity contribution in [3.63, 3.8) is 0 Å². The third kappa shape index (κ3) is 8.50. The molecule has 0 spiro atoms. The van der Waals surface area contributed by atoms with Crippen LogP contribution in [-0.4, -0.2) is 50.0 Å². The average molecular weight is 526 g/mol. The standard InChI is InChI=1S/C25H33ClFN3O4S/c1-5-18(2)28-25(32)19(3)29(17-20-9-6-7-10-23(20)27)24(31)11-8-16-30(35(4,33)34)22-14-12-21(26)13-15-22/h6-7,9-10,12-15,18-19H,5,8,11,16-17H2,1-4H3,(H,28,32)/t18-,19-/m1/s1. The van der Waals surface area contributed by atoms with Crippen molar-refractivity contribution in [3.8, 4) is 0 Å². The van der Waals surface area contributed by atoms with Gasteiger partial charge < -0.3 is 10.2 Å². The molecular weight excluding hydrogens is 493 g/mol. The predicted molar refractivity (Wildman–Crippen MR) is 137 cm³/mol. The first kappa shape index (κ1) is 28.6. The van der Waals surface area contributed by atoms with Gasteiger partial charge in [0.2, 0.25) is 21.8 Å². The highest BCUT2D eigenvalue weighted by Gasteiger charge is 2.28. The number of carbonyl (C=O) groups excluding carboxylic acids is 2. The molecule has 0 aromatic heterocycles. The monoisotopic (exact) mass is 525 g/mol. The molecular formula is C25H33ClFN3O4S. The molecule has 7 nitrogen and oxygen atoms in total. The number of nitrogens with one attached hydrogen (secondary N) is 1. The lowest BCUT2D eigenvalue weighted by Gasteiger charge is -2.30. The summed E-state index contributed by atoms with van der Waals surface area (Å²) in [6, 6.07) is 11.6. The van der Waals surface area contributed by atoms with Gasteiger partial charge in [-0.2, -0.15) is 0 Å². The van der Waals surface area contributed by atoms with Crippen molar-refractivity contribution >= 4 is 39.1 Å². The van der Waals surface area contributed by atoms with Crippen LogP contribution < -0.4 is 9.62 Å². The number of hydrogen-bond acceptors (Lipinski definition) is 4. The van der Waals surface area contributed by atoms with Gasteiger partial charge >= 0.3 is 0 Å². The van der Waals surface area contributed by atoms with Crippen LogP contribution in [0.3, 0.4) is 0 Å². The van der Waals surface area contributed by atoms with Crippen molar-refractivity contribution in [2.45, 2.75) is 58.7 Å². The zero-order valence-electron chi connectivity index (χ0n) is 20.5. The molecule has 2 atom stereocenters. The summed E-state index contributed by atoms with van der Waals surface area (Å²) in [5.41, 5.74) is 0.733. The maximum absolute atomic E-state index is 14.3. The maximum atomic E-state index is 14.3. The second kappa shape index (κ2) is 12.9. The molecule has 2 aromatic rings. The molecule has 0 bridgehead atoms. The number of nitrogens with zero attached hydrogens (tertiary/aromatic N) is 2. The highest BCUT2D eigenvalue weighted by Crippen LogP contribution is 2.21. The number of rotatable bonds is 12. The molecule has 192 valence electrons. The Morgan fingerprint density at radius 3 is 2.29 bits per heavy atom. The normalized spacial score (nSPS) is 13.1. The Bertz CT molecular complexity index is 1110. The van der Waals surface area contributed by atoms with E-state index in [-0.39, 0.29) is 43.8 Å². The van der Waals surface area contributed by atoms with Crippen LogP contribution in [0.15, 0.2) is 48.5 Å². The van der Waals surface area contributed by atoms with Crippen molar-refractivity contribution in [2.24, 2.45) is 0 Å². The fraction of sp³-hybridized carbons (Fsp3) is 0.440. The molecule has 0 fully saturated rings. The Kier molecular flexibility index (Phi) is 10.5. The fourth-order valence-corrected chi connectivity index (χ4v) is 4.56. The molecule has 0 unspecified atom stereocenters. The van der Waals surface area contributed by atoms with Gasteiger partial charge in [0.05, 0.1) is 11.9 Å². The largest absolute Gasteiger partial charge is 0.352 e. The summed E-state index contributed by atoms with van der Waals surface area (Å²) in [6.45, 7) is 5.39. The molecule has 35 heavy (non-hydrogen) atoms. The van der Waals surface area contributed by atoms with Crippen molar-refractivity contribution in [3.05, 3.63) is 64.9 Å². The topological polar surface area (TPSA) is 86.8 Å². The average Bonchev–Trinajstić information content (AvgIpc) is 2.80. The fourth-order valence-electron chi connectivity index (χ4n) is 3.47. The van der Waals surface area contributed by atoms with E-state index in [0.29, 0.717) is 16.3 Å². The van der Waals surface area contributed by atoms with Gasteiger partial charge in [-0.05, 0) is 57.0 Å². The number of carbonyl (C=O) groups is 2. The van der Waals surface area contributed by atoms with Gasteiger partial charge in [-0.15, -0.1) is 0 Å². The molecule has 0 aliphatic rings. The van der Waals surface area contributed by atoms with E-state index in [4.69, 9.17) is 11.6 Å². The molecule has 0 aliphatic heterocycles. The zero-order chi connectivity index (χ0) is 26.2. The lowest BCUT2D eigenvalue weighted by Crippen LogP contribution is -2.49. The number of halogens is 2. The van der Waals surface area contributed by atoms with Gasteiger partial charge in [0.15, 0.2) is 0 Å². The minimum absolute atomic E-state index is 0.0188. The van der Waals surface area contributed by atoms with E-state index in [1.165, 1.54) is 15.3 Å². The lowest BCUT2D eigenvalue weighted by molar-refractivity contribution is -0.141. The van der Waals surface area contributed by atoms with Crippen LogP contribution in [-0.2, 0) is 26.2 Å². The molecule has 2 amide bonds. The molecule has 2 aromatic carbocycles. The van der Waals surface area contributed by atoms with Gasteiger partial charge in [0.25, 0.3) is 0 Å². The molecule has 0 heterocycles. The van der Waals surface area contributed by atoms with Crippen molar-refractivity contribution in [1.29, 1.82) is 0 Å². The first-order valence-corrected chi connectivity index (χ1v) is 13.7. The minimum Gasteiger partial charge on any atom is -0.352 e. The van der Waals surface area contributed by atoms with Crippen LogP contribution in [0.5, 0.6) is 0 Å². The van der Waals surface area contributed by atoms with E-state index in [2.05, 4.69) is 5.32 Å². The third-order valence-electron chi connectivity index (χ3n) is 5.73.